The minimum atomic E-state index is -0.612. The van der Waals surface area contributed by atoms with Crippen molar-refractivity contribution in [1.82, 2.24) is 0 Å². The fraction of sp³-hybridized carbons (Fsp3) is 0.588. The molecule has 1 N–H and O–H groups in total. The maximum atomic E-state index is 11.4. The van der Waals surface area contributed by atoms with Crippen molar-refractivity contribution in [3.8, 4) is 0 Å². The molecular formula is C17H22O2. The second-order valence-corrected chi connectivity index (χ2v) is 6.13. The van der Waals surface area contributed by atoms with Crippen molar-refractivity contribution in [3.05, 3.63) is 35.4 Å². The van der Waals surface area contributed by atoms with Crippen molar-refractivity contribution in [1.29, 1.82) is 0 Å². The molecule has 2 unspecified atom stereocenters. The zero-order valence-electron chi connectivity index (χ0n) is 11.3. The molecule has 0 spiro atoms. The predicted octanol–water partition coefficient (Wildman–Crippen LogP) is 4.31. The summed E-state index contributed by atoms with van der Waals surface area (Å²) in [7, 11) is 0. The third-order valence-corrected chi connectivity index (χ3v) is 5.00. The first-order chi connectivity index (χ1) is 9.25. The minimum absolute atomic E-state index is 0.176. The van der Waals surface area contributed by atoms with E-state index in [0.717, 1.165) is 25.2 Å². The van der Waals surface area contributed by atoms with Crippen LogP contribution in [0, 0.1) is 5.92 Å². The van der Waals surface area contributed by atoms with Crippen molar-refractivity contribution < 1.29 is 9.90 Å². The van der Waals surface area contributed by atoms with Gasteiger partial charge in [0, 0.05) is 0 Å². The molecule has 0 saturated heterocycles. The molecule has 102 valence electrons. The van der Waals surface area contributed by atoms with Gasteiger partial charge in [0.2, 0.25) is 0 Å². The molecule has 1 aromatic carbocycles. The van der Waals surface area contributed by atoms with Crippen molar-refractivity contribution in [3.63, 3.8) is 0 Å². The number of rotatable bonds is 3. The molecule has 2 nitrogen and oxygen atoms in total. The van der Waals surface area contributed by atoms with Gasteiger partial charge in [-0.25, -0.2) is 0 Å². The van der Waals surface area contributed by atoms with E-state index in [1.54, 1.807) is 0 Å². The molecule has 0 amide bonds. The Bertz CT molecular complexity index is 462. The van der Waals surface area contributed by atoms with Crippen LogP contribution in [-0.4, -0.2) is 11.1 Å². The Morgan fingerprint density at radius 3 is 2.42 bits per heavy atom. The third-order valence-electron chi connectivity index (χ3n) is 5.00. The summed E-state index contributed by atoms with van der Waals surface area (Å²) in [5.41, 5.74) is 2.69. The summed E-state index contributed by atoms with van der Waals surface area (Å²) < 4.78 is 0. The summed E-state index contributed by atoms with van der Waals surface area (Å²) in [4.78, 5) is 11.4. The first kappa shape index (κ1) is 12.7. The van der Waals surface area contributed by atoms with Crippen LogP contribution < -0.4 is 0 Å². The number of carbonyl (C=O) groups is 1. The second kappa shape index (κ2) is 5.36. The van der Waals surface area contributed by atoms with Crippen LogP contribution in [0.15, 0.2) is 24.3 Å². The Morgan fingerprint density at radius 1 is 1.00 bits per heavy atom. The van der Waals surface area contributed by atoms with Crippen LogP contribution in [0.4, 0.5) is 0 Å². The lowest BCUT2D eigenvalue weighted by Crippen LogP contribution is -2.25. The summed E-state index contributed by atoms with van der Waals surface area (Å²) >= 11 is 0. The van der Waals surface area contributed by atoms with Crippen LogP contribution >= 0.6 is 0 Å². The minimum Gasteiger partial charge on any atom is -0.481 e. The highest BCUT2D eigenvalue weighted by Crippen LogP contribution is 2.41. The van der Waals surface area contributed by atoms with Crippen LogP contribution in [0.25, 0.3) is 0 Å². The van der Waals surface area contributed by atoms with Crippen LogP contribution in [0.2, 0.25) is 0 Å². The first-order valence-electron chi connectivity index (χ1n) is 7.58. The van der Waals surface area contributed by atoms with Gasteiger partial charge in [0.1, 0.15) is 0 Å². The highest BCUT2D eigenvalue weighted by molar-refractivity contribution is 5.71. The van der Waals surface area contributed by atoms with E-state index in [-0.39, 0.29) is 11.8 Å². The molecular weight excluding hydrogens is 236 g/mol. The first-order valence-corrected chi connectivity index (χ1v) is 7.58. The molecule has 2 saturated carbocycles. The molecule has 2 fully saturated rings. The zero-order chi connectivity index (χ0) is 13.2. The normalized spacial score (nSPS) is 27.8. The van der Waals surface area contributed by atoms with E-state index in [0.29, 0.717) is 0 Å². The summed E-state index contributed by atoms with van der Waals surface area (Å²) in [6, 6.07) is 8.76. The fourth-order valence-electron chi connectivity index (χ4n) is 3.61. The molecule has 0 aliphatic heterocycles. The van der Waals surface area contributed by atoms with E-state index < -0.39 is 5.97 Å². The fourth-order valence-corrected chi connectivity index (χ4v) is 3.61. The predicted molar refractivity (Wildman–Crippen MR) is 75.4 cm³/mol. The van der Waals surface area contributed by atoms with Crippen molar-refractivity contribution in [2.45, 2.75) is 56.8 Å². The van der Waals surface area contributed by atoms with E-state index in [4.69, 9.17) is 0 Å². The van der Waals surface area contributed by atoms with Gasteiger partial charge in [-0.05, 0) is 48.6 Å². The molecule has 0 bridgehead atoms. The standard InChI is InChI=1S/C17H22O2/c18-17(19)16-10-2-1-9-15(16)14-8-4-7-13(11-14)12-5-3-6-12/h4,7-8,11-12,15-16H,1-3,5-6,9-10H2,(H,18,19). The monoisotopic (exact) mass is 258 g/mol. The molecule has 2 aliphatic rings. The highest BCUT2D eigenvalue weighted by Gasteiger charge is 2.32. The molecule has 2 atom stereocenters. The van der Waals surface area contributed by atoms with E-state index in [1.165, 1.54) is 36.8 Å². The zero-order valence-corrected chi connectivity index (χ0v) is 11.3. The lowest BCUT2D eigenvalue weighted by molar-refractivity contribution is -0.143. The Morgan fingerprint density at radius 2 is 1.74 bits per heavy atom. The van der Waals surface area contributed by atoms with Gasteiger partial charge >= 0.3 is 5.97 Å². The van der Waals surface area contributed by atoms with E-state index >= 15 is 0 Å². The Balaban J connectivity index is 1.84. The maximum Gasteiger partial charge on any atom is 0.307 e. The van der Waals surface area contributed by atoms with Crippen molar-refractivity contribution in [2.75, 3.05) is 0 Å². The van der Waals surface area contributed by atoms with Crippen molar-refractivity contribution >= 4 is 5.97 Å². The Kier molecular flexibility index (Phi) is 3.58. The van der Waals surface area contributed by atoms with Crippen LogP contribution in [-0.2, 0) is 4.79 Å². The molecule has 2 aliphatic carbocycles. The highest BCUT2D eigenvalue weighted by atomic mass is 16.4. The molecule has 19 heavy (non-hydrogen) atoms. The summed E-state index contributed by atoms with van der Waals surface area (Å²) in [6.07, 6.45) is 8.06. The average Bonchev–Trinajstić information content (AvgIpc) is 2.37. The number of benzene rings is 1. The largest absolute Gasteiger partial charge is 0.481 e. The second-order valence-electron chi connectivity index (χ2n) is 6.13. The number of carboxylic acids is 1. The number of aliphatic carboxylic acids is 1. The van der Waals surface area contributed by atoms with Crippen LogP contribution in [0.1, 0.15) is 67.9 Å². The van der Waals surface area contributed by atoms with E-state index in [1.807, 2.05) is 0 Å². The van der Waals surface area contributed by atoms with Gasteiger partial charge in [0.25, 0.3) is 0 Å². The average molecular weight is 258 g/mol. The van der Waals surface area contributed by atoms with Gasteiger partial charge in [-0.3, -0.25) is 4.79 Å². The number of carboxylic acid groups (broad SMARTS) is 1. The van der Waals surface area contributed by atoms with Crippen LogP contribution in [0.3, 0.4) is 0 Å². The lowest BCUT2D eigenvalue weighted by Gasteiger charge is -2.31. The summed E-state index contributed by atoms with van der Waals surface area (Å²) in [5, 5.41) is 9.41. The van der Waals surface area contributed by atoms with E-state index in [2.05, 4.69) is 24.3 Å². The van der Waals surface area contributed by atoms with Crippen LogP contribution in [0.5, 0.6) is 0 Å². The topological polar surface area (TPSA) is 37.3 Å². The lowest BCUT2D eigenvalue weighted by atomic mass is 9.73. The summed E-state index contributed by atoms with van der Waals surface area (Å²) in [6.45, 7) is 0. The Hall–Kier alpha value is -1.31. The van der Waals surface area contributed by atoms with Gasteiger partial charge in [0.05, 0.1) is 5.92 Å². The van der Waals surface area contributed by atoms with Gasteiger partial charge in [-0.1, -0.05) is 43.5 Å². The number of hydrogen-bond donors (Lipinski definition) is 1. The molecule has 0 heterocycles. The molecule has 2 heteroatoms. The van der Waals surface area contributed by atoms with Gasteiger partial charge in [-0.15, -0.1) is 0 Å². The van der Waals surface area contributed by atoms with Gasteiger partial charge < -0.3 is 5.11 Å². The van der Waals surface area contributed by atoms with Gasteiger partial charge in [-0.2, -0.15) is 0 Å². The smallest absolute Gasteiger partial charge is 0.307 e. The molecule has 3 rings (SSSR count). The molecule has 0 radical (unpaired) electrons. The summed E-state index contributed by atoms with van der Waals surface area (Å²) in [5.74, 6) is 0.169. The van der Waals surface area contributed by atoms with Crippen molar-refractivity contribution in [2.24, 2.45) is 5.92 Å². The van der Waals surface area contributed by atoms with E-state index in [9.17, 15) is 9.90 Å². The quantitative estimate of drug-likeness (QED) is 0.877. The third kappa shape index (κ3) is 2.54. The number of hydrogen-bond acceptors (Lipinski definition) is 1. The molecule has 0 aromatic heterocycles. The maximum absolute atomic E-state index is 11.4. The molecule has 1 aromatic rings. The SMILES string of the molecule is O=C(O)C1CCCCC1c1cccc(C2CCC2)c1. The van der Waals surface area contributed by atoms with Gasteiger partial charge in [0.15, 0.2) is 0 Å². The Labute approximate surface area is 114 Å².